The molecule has 1 N–H and O–H groups in total. The Morgan fingerprint density at radius 2 is 1.79 bits per heavy atom. The van der Waals surface area contributed by atoms with E-state index in [1.54, 1.807) is 18.2 Å². The Morgan fingerprint density at radius 1 is 1.00 bits per heavy atom. The second kappa shape index (κ2) is 6.41. The van der Waals surface area contributed by atoms with Crippen molar-refractivity contribution in [1.29, 1.82) is 0 Å². The molecular weight excluding hydrogens is 310 g/mol. The number of rotatable bonds is 5. The van der Waals surface area contributed by atoms with Gasteiger partial charge in [0.25, 0.3) is 0 Å². The van der Waals surface area contributed by atoms with Gasteiger partial charge in [-0.15, -0.1) is 0 Å². The number of Topliss-reactive ketones (excluding diaryl/α,β-unsaturated/α-hetero) is 1. The summed E-state index contributed by atoms with van der Waals surface area (Å²) in [5, 5.41) is 3.13. The monoisotopic (exact) mass is 327 g/mol. The maximum Gasteiger partial charge on any atom is 0.231 e. The summed E-state index contributed by atoms with van der Waals surface area (Å²) in [5.41, 5.74) is 0.595. The van der Waals surface area contributed by atoms with Gasteiger partial charge in [-0.3, -0.25) is 4.79 Å². The molecule has 0 saturated carbocycles. The molecule has 0 aliphatic carbocycles. The Bertz CT molecular complexity index is 761. The van der Waals surface area contributed by atoms with Crippen LogP contribution in [0.15, 0.2) is 42.5 Å². The summed E-state index contributed by atoms with van der Waals surface area (Å²) in [6, 6.07) is 12.8. The number of benzene rings is 2. The summed E-state index contributed by atoms with van der Waals surface area (Å²) in [6.45, 7) is 1.42. The van der Waals surface area contributed by atoms with Gasteiger partial charge >= 0.3 is 0 Å². The third-order valence-corrected chi connectivity index (χ3v) is 3.92. The maximum atomic E-state index is 12.3. The molecule has 24 heavy (non-hydrogen) atoms. The highest BCUT2D eigenvalue weighted by molar-refractivity contribution is 5.98. The smallest absolute Gasteiger partial charge is 0.231 e. The third kappa shape index (κ3) is 3.00. The van der Waals surface area contributed by atoms with Crippen LogP contribution in [-0.4, -0.2) is 38.4 Å². The Labute approximate surface area is 139 Å². The fourth-order valence-corrected chi connectivity index (χ4v) is 2.68. The molecule has 0 fully saturated rings. The summed E-state index contributed by atoms with van der Waals surface area (Å²) >= 11 is 0. The van der Waals surface area contributed by atoms with Gasteiger partial charge in [0.15, 0.2) is 28.8 Å². The van der Waals surface area contributed by atoms with Gasteiger partial charge in [-0.2, -0.15) is 0 Å². The summed E-state index contributed by atoms with van der Waals surface area (Å²) in [4.78, 5) is 12.3. The lowest BCUT2D eigenvalue weighted by Crippen LogP contribution is -2.40. The van der Waals surface area contributed by atoms with Crippen molar-refractivity contribution in [1.82, 2.24) is 5.32 Å². The van der Waals surface area contributed by atoms with Crippen LogP contribution in [-0.2, 0) is 0 Å². The quantitative estimate of drug-likeness (QED) is 0.848. The zero-order valence-corrected chi connectivity index (χ0v) is 13.0. The van der Waals surface area contributed by atoms with Crippen molar-refractivity contribution in [2.24, 2.45) is 0 Å². The van der Waals surface area contributed by atoms with Crippen LogP contribution in [0.5, 0.6) is 23.0 Å². The van der Waals surface area contributed by atoms with Gasteiger partial charge in [0.2, 0.25) is 6.79 Å². The first-order valence-corrected chi connectivity index (χ1v) is 7.81. The van der Waals surface area contributed by atoms with Crippen LogP contribution < -0.4 is 24.3 Å². The van der Waals surface area contributed by atoms with Crippen molar-refractivity contribution in [2.45, 2.75) is 6.10 Å². The predicted octanol–water partition coefficient (Wildman–Crippen LogP) is 2.03. The standard InChI is InChI=1S/C18H17NO5/c20-14(12-5-6-16-18(7-12)23-11-22-16)9-19-8-13-10-21-15-3-1-2-4-17(15)24-13/h1-7,13,19H,8-11H2. The fraction of sp³-hybridized carbons (Fsp3) is 0.278. The Hall–Kier alpha value is -2.73. The molecule has 4 rings (SSSR count). The van der Waals surface area contributed by atoms with E-state index >= 15 is 0 Å². The third-order valence-electron chi connectivity index (χ3n) is 3.92. The van der Waals surface area contributed by atoms with Gasteiger partial charge in [-0.05, 0) is 30.3 Å². The Balaban J connectivity index is 1.29. The normalized spacial score (nSPS) is 17.6. The summed E-state index contributed by atoms with van der Waals surface area (Å²) in [5.74, 6) is 2.76. The van der Waals surface area contributed by atoms with Crippen molar-refractivity contribution < 1.29 is 23.7 Å². The number of fused-ring (bicyclic) bond motifs is 2. The molecule has 6 heteroatoms. The van der Waals surface area contributed by atoms with Gasteiger partial charge in [0.05, 0.1) is 6.54 Å². The van der Waals surface area contributed by atoms with E-state index < -0.39 is 0 Å². The van der Waals surface area contributed by atoms with Crippen molar-refractivity contribution in [2.75, 3.05) is 26.5 Å². The second-order valence-electron chi connectivity index (χ2n) is 5.62. The molecule has 6 nitrogen and oxygen atoms in total. The maximum absolute atomic E-state index is 12.3. The molecule has 0 amide bonds. The van der Waals surface area contributed by atoms with Gasteiger partial charge in [-0.25, -0.2) is 0 Å². The van der Waals surface area contributed by atoms with Gasteiger partial charge < -0.3 is 24.3 Å². The molecule has 1 atom stereocenters. The molecule has 124 valence electrons. The average molecular weight is 327 g/mol. The number of hydrogen-bond donors (Lipinski definition) is 1. The molecule has 2 aromatic carbocycles. The summed E-state index contributed by atoms with van der Waals surface area (Å²) in [7, 11) is 0. The molecule has 0 spiro atoms. The molecule has 2 aromatic rings. The topological polar surface area (TPSA) is 66.0 Å². The molecule has 2 heterocycles. The number of carbonyl (C=O) groups is 1. The largest absolute Gasteiger partial charge is 0.486 e. The van der Waals surface area contributed by atoms with Crippen LogP contribution in [0.4, 0.5) is 0 Å². The molecular formula is C18H17NO5. The molecule has 2 aliphatic rings. The van der Waals surface area contributed by atoms with Gasteiger partial charge in [0.1, 0.15) is 12.7 Å². The van der Waals surface area contributed by atoms with Crippen LogP contribution in [0.25, 0.3) is 0 Å². The van der Waals surface area contributed by atoms with Gasteiger partial charge in [-0.1, -0.05) is 12.1 Å². The van der Waals surface area contributed by atoms with E-state index in [9.17, 15) is 4.79 Å². The van der Waals surface area contributed by atoms with Crippen molar-refractivity contribution in [3.8, 4) is 23.0 Å². The number of carbonyl (C=O) groups excluding carboxylic acids is 1. The Morgan fingerprint density at radius 3 is 2.71 bits per heavy atom. The molecule has 1 unspecified atom stereocenters. The van der Waals surface area contributed by atoms with Crippen LogP contribution in [0.2, 0.25) is 0 Å². The number of ketones is 1. The highest BCUT2D eigenvalue weighted by Crippen LogP contribution is 2.32. The zero-order chi connectivity index (χ0) is 16.4. The highest BCUT2D eigenvalue weighted by Gasteiger charge is 2.21. The van der Waals surface area contributed by atoms with E-state index in [2.05, 4.69) is 5.32 Å². The fourth-order valence-electron chi connectivity index (χ4n) is 2.68. The second-order valence-corrected chi connectivity index (χ2v) is 5.62. The molecule has 0 radical (unpaired) electrons. The number of ether oxygens (including phenoxy) is 4. The lowest BCUT2D eigenvalue weighted by Gasteiger charge is -2.26. The lowest BCUT2D eigenvalue weighted by molar-refractivity contribution is 0.0869. The predicted molar refractivity (Wildman–Crippen MR) is 86.1 cm³/mol. The highest BCUT2D eigenvalue weighted by atomic mass is 16.7. The van der Waals surface area contributed by atoms with Crippen LogP contribution in [0.1, 0.15) is 10.4 Å². The molecule has 2 aliphatic heterocycles. The van der Waals surface area contributed by atoms with Crippen molar-refractivity contribution >= 4 is 5.78 Å². The van der Waals surface area contributed by atoms with Crippen molar-refractivity contribution in [3.63, 3.8) is 0 Å². The lowest BCUT2D eigenvalue weighted by atomic mass is 10.1. The number of hydrogen-bond acceptors (Lipinski definition) is 6. The molecule has 0 aromatic heterocycles. The zero-order valence-electron chi connectivity index (χ0n) is 13.0. The van der Waals surface area contributed by atoms with E-state index in [1.165, 1.54) is 0 Å². The first kappa shape index (κ1) is 14.8. The van der Waals surface area contributed by atoms with E-state index in [0.717, 1.165) is 11.5 Å². The van der Waals surface area contributed by atoms with Gasteiger partial charge in [0, 0.05) is 12.1 Å². The minimum atomic E-state index is -0.121. The van der Waals surface area contributed by atoms with E-state index in [0.29, 0.717) is 30.2 Å². The summed E-state index contributed by atoms with van der Waals surface area (Å²) in [6.07, 6.45) is -0.121. The molecule has 0 saturated heterocycles. The number of nitrogens with one attached hydrogen (secondary N) is 1. The van der Waals surface area contributed by atoms with E-state index in [-0.39, 0.29) is 25.2 Å². The minimum Gasteiger partial charge on any atom is -0.486 e. The molecule has 0 bridgehead atoms. The number of para-hydroxylation sites is 2. The van der Waals surface area contributed by atoms with Crippen molar-refractivity contribution in [3.05, 3.63) is 48.0 Å². The minimum absolute atomic E-state index is 0.00886. The first-order valence-electron chi connectivity index (χ1n) is 7.81. The van der Waals surface area contributed by atoms with E-state index in [1.807, 2.05) is 24.3 Å². The Kier molecular flexibility index (Phi) is 3.96. The van der Waals surface area contributed by atoms with Crippen LogP contribution >= 0.6 is 0 Å². The summed E-state index contributed by atoms with van der Waals surface area (Å²) < 4.78 is 22.0. The first-order chi connectivity index (χ1) is 11.8. The van der Waals surface area contributed by atoms with Crippen LogP contribution in [0, 0.1) is 0 Å². The SMILES string of the molecule is O=C(CNCC1COc2ccccc2O1)c1ccc2c(c1)OCO2. The van der Waals surface area contributed by atoms with E-state index in [4.69, 9.17) is 18.9 Å². The average Bonchev–Trinajstić information content (AvgIpc) is 3.09. The van der Waals surface area contributed by atoms with Crippen LogP contribution in [0.3, 0.4) is 0 Å².